The first kappa shape index (κ1) is 12.6. The number of Topliss-reactive ketones (excluding diaryl/α,β-unsaturated/α-hetero) is 1. The number of carbonyl (C=O) groups excluding carboxylic acids is 1. The predicted octanol–water partition coefficient (Wildman–Crippen LogP) is 2.45. The van der Waals surface area contributed by atoms with Crippen LogP contribution in [0.25, 0.3) is 0 Å². The average molecular weight is 222 g/mol. The van der Waals surface area contributed by atoms with Crippen LogP contribution in [0, 0.1) is 13.8 Å². The van der Waals surface area contributed by atoms with Gasteiger partial charge >= 0.3 is 0 Å². The minimum absolute atomic E-state index is 0.114. The first-order chi connectivity index (χ1) is 7.51. The number of ketones is 1. The van der Waals surface area contributed by atoms with Crippen LogP contribution in [0.3, 0.4) is 0 Å². The van der Waals surface area contributed by atoms with Crippen LogP contribution >= 0.6 is 0 Å². The Balaban J connectivity index is 3.37. The molecule has 16 heavy (non-hydrogen) atoms. The van der Waals surface area contributed by atoms with Gasteiger partial charge in [-0.3, -0.25) is 4.79 Å². The molecule has 0 amide bonds. The van der Waals surface area contributed by atoms with E-state index in [2.05, 4.69) is 0 Å². The van der Waals surface area contributed by atoms with E-state index in [1.54, 1.807) is 21.1 Å². The molecule has 0 saturated heterocycles. The topological polar surface area (TPSA) is 35.5 Å². The summed E-state index contributed by atoms with van der Waals surface area (Å²) < 4.78 is 10.7. The van der Waals surface area contributed by atoms with E-state index in [1.807, 2.05) is 19.9 Å². The summed E-state index contributed by atoms with van der Waals surface area (Å²) in [5, 5.41) is 0. The Labute approximate surface area is 96.4 Å². The largest absolute Gasteiger partial charge is 0.493 e. The van der Waals surface area contributed by atoms with Crippen molar-refractivity contribution in [2.75, 3.05) is 14.2 Å². The Morgan fingerprint density at radius 2 is 1.75 bits per heavy atom. The minimum atomic E-state index is 0.114. The molecule has 1 aromatic rings. The van der Waals surface area contributed by atoms with Crippen molar-refractivity contribution in [2.45, 2.75) is 27.2 Å². The molecule has 0 unspecified atom stereocenters. The maximum absolute atomic E-state index is 11.2. The molecule has 0 heterocycles. The number of aryl methyl sites for hydroxylation is 1. The molecular formula is C13H18O3. The summed E-state index contributed by atoms with van der Waals surface area (Å²) in [6.07, 6.45) is 0.376. The second kappa shape index (κ2) is 5.01. The van der Waals surface area contributed by atoms with Gasteiger partial charge in [0.25, 0.3) is 0 Å². The van der Waals surface area contributed by atoms with Gasteiger partial charge in [0.05, 0.1) is 14.2 Å². The lowest BCUT2D eigenvalue weighted by molar-refractivity contribution is -0.116. The molecule has 0 aromatic heterocycles. The number of hydrogen-bond acceptors (Lipinski definition) is 3. The van der Waals surface area contributed by atoms with Crippen molar-refractivity contribution in [2.24, 2.45) is 0 Å². The summed E-state index contributed by atoms with van der Waals surface area (Å²) in [7, 11) is 3.21. The van der Waals surface area contributed by atoms with E-state index >= 15 is 0 Å². The highest BCUT2D eigenvalue weighted by Gasteiger charge is 2.16. The number of rotatable bonds is 4. The summed E-state index contributed by atoms with van der Waals surface area (Å²) in [6, 6.07) is 1.98. The highest BCUT2D eigenvalue weighted by molar-refractivity contribution is 5.79. The molecule has 0 fully saturated rings. The van der Waals surface area contributed by atoms with Crippen molar-refractivity contribution in [1.82, 2.24) is 0 Å². The van der Waals surface area contributed by atoms with Crippen molar-refractivity contribution in [3.8, 4) is 11.5 Å². The van der Waals surface area contributed by atoms with Gasteiger partial charge in [0, 0.05) is 12.0 Å². The second-order valence-electron chi connectivity index (χ2n) is 3.92. The fourth-order valence-electron chi connectivity index (χ4n) is 1.80. The normalized spacial score (nSPS) is 10.1. The number of methoxy groups -OCH3 is 2. The molecule has 0 radical (unpaired) electrons. The van der Waals surface area contributed by atoms with Gasteiger partial charge in [0.15, 0.2) is 11.5 Å². The van der Waals surface area contributed by atoms with E-state index in [-0.39, 0.29) is 5.78 Å². The predicted molar refractivity (Wildman–Crippen MR) is 63.4 cm³/mol. The first-order valence-electron chi connectivity index (χ1n) is 5.21. The van der Waals surface area contributed by atoms with Gasteiger partial charge < -0.3 is 9.47 Å². The third-order valence-corrected chi connectivity index (χ3v) is 2.67. The Hall–Kier alpha value is -1.51. The Morgan fingerprint density at radius 1 is 1.19 bits per heavy atom. The van der Waals surface area contributed by atoms with Gasteiger partial charge in [-0.25, -0.2) is 0 Å². The monoisotopic (exact) mass is 222 g/mol. The fraction of sp³-hybridized carbons (Fsp3) is 0.462. The van der Waals surface area contributed by atoms with Crippen LogP contribution in [0.15, 0.2) is 6.07 Å². The summed E-state index contributed by atoms with van der Waals surface area (Å²) in [5.74, 6) is 1.50. The molecule has 0 atom stereocenters. The van der Waals surface area contributed by atoms with Crippen molar-refractivity contribution in [3.63, 3.8) is 0 Å². The van der Waals surface area contributed by atoms with E-state index < -0.39 is 0 Å². The maximum atomic E-state index is 11.2. The van der Waals surface area contributed by atoms with Crippen LogP contribution in [0.1, 0.15) is 23.6 Å². The van der Waals surface area contributed by atoms with Crippen molar-refractivity contribution >= 4 is 5.78 Å². The highest BCUT2D eigenvalue weighted by Crippen LogP contribution is 2.36. The Morgan fingerprint density at radius 3 is 2.19 bits per heavy atom. The molecule has 3 nitrogen and oxygen atoms in total. The lowest BCUT2D eigenvalue weighted by atomic mass is 10.00. The maximum Gasteiger partial charge on any atom is 0.164 e. The number of hydrogen-bond donors (Lipinski definition) is 0. The summed E-state index contributed by atoms with van der Waals surface area (Å²) >= 11 is 0. The van der Waals surface area contributed by atoms with Gasteiger partial charge in [-0.15, -0.1) is 0 Å². The number of benzene rings is 1. The first-order valence-corrected chi connectivity index (χ1v) is 5.21. The van der Waals surface area contributed by atoms with Gasteiger partial charge in [-0.2, -0.15) is 0 Å². The summed E-state index contributed by atoms with van der Waals surface area (Å²) in [5.41, 5.74) is 3.04. The Bertz CT molecular complexity index is 408. The van der Waals surface area contributed by atoms with E-state index in [1.165, 1.54) is 0 Å². The zero-order valence-corrected chi connectivity index (χ0v) is 10.5. The van der Waals surface area contributed by atoms with E-state index in [9.17, 15) is 4.79 Å². The quantitative estimate of drug-likeness (QED) is 0.785. The second-order valence-corrected chi connectivity index (χ2v) is 3.92. The lowest BCUT2D eigenvalue weighted by Crippen LogP contribution is -2.04. The molecule has 88 valence electrons. The summed E-state index contributed by atoms with van der Waals surface area (Å²) in [6.45, 7) is 5.55. The van der Waals surface area contributed by atoms with Crippen molar-refractivity contribution in [3.05, 3.63) is 22.8 Å². The molecule has 1 rings (SSSR count). The number of ether oxygens (including phenoxy) is 2. The van der Waals surface area contributed by atoms with Crippen molar-refractivity contribution < 1.29 is 14.3 Å². The smallest absolute Gasteiger partial charge is 0.164 e. The van der Waals surface area contributed by atoms with Gasteiger partial charge in [-0.05, 0) is 31.9 Å². The van der Waals surface area contributed by atoms with Crippen LogP contribution in [-0.2, 0) is 11.2 Å². The SMILES string of the molecule is COc1c(CC(C)=O)cc(C)c(C)c1OC. The molecule has 0 saturated carbocycles. The van der Waals surface area contributed by atoms with Crippen LogP contribution < -0.4 is 9.47 Å². The Kier molecular flexibility index (Phi) is 3.93. The molecule has 0 aliphatic heterocycles. The van der Waals surface area contributed by atoms with Gasteiger partial charge in [0.2, 0.25) is 0 Å². The molecule has 0 aliphatic rings. The molecule has 0 bridgehead atoms. The molecule has 1 aromatic carbocycles. The fourth-order valence-corrected chi connectivity index (χ4v) is 1.80. The van der Waals surface area contributed by atoms with Gasteiger partial charge in [-0.1, -0.05) is 6.07 Å². The molecule has 0 N–H and O–H groups in total. The highest BCUT2D eigenvalue weighted by atomic mass is 16.5. The number of carbonyl (C=O) groups is 1. The molecular weight excluding hydrogens is 204 g/mol. The minimum Gasteiger partial charge on any atom is -0.493 e. The zero-order valence-electron chi connectivity index (χ0n) is 10.5. The van der Waals surface area contributed by atoms with Crippen molar-refractivity contribution in [1.29, 1.82) is 0 Å². The van der Waals surface area contributed by atoms with E-state index in [0.29, 0.717) is 12.2 Å². The van der Waals surface area contributed by atoms with Crippen LogP contribution in [0.2, 0.25) is 0 Å². The standard InChI is InChI=1S/C13H18O3/c1-8-6-11(7-9(2)14)13(16-5)12(15-4)10(8)3/h6H,7H2,1-5H3. The third kappa shape index (κ3) is 2.35. The summed E-state index contributed by atoms with van der Waals surface area (Å²) in [4.78, 5) is 11.2. The van der Waals surface area contributed by atoms with Crippen LogP contribution in [-0.4, -0.2) is 20.0 Å². The van der Waals surface area contributed by atoms with E-state index in [0.717, 1.165) is 22.4 Å². The zero-order chi connectivity index (χ0) is 12.3. The molecule has 3 heteroatoms. The average Bonchev–Trinajstić information content (AvgIpc) is 2.21. The van der Waals surface area contributed by atoms with Gasteiger partial charge in [0.1, 0.15) is 5.78 Å². The molecule has 0 aliphatic carbocycles. The third-order valence-electron chi connectivity index (χ3n) is 2.67. The van der Waals surface area contributed by atoms with Crippen LogP contribution in [0.5, 0.6) is 11.5 Å². The molecule has 0 spiro atoms. The lowest BCUT2D eigenvalue weighted by Gasteiger charge is -2.16. The van der Waals surface area contributed by atoms with E-state index in [4.69, 9.17) is 9.47 Å². The van der Waals surface area contributed by atoms with Crippen LogP contribution in [0.4, 0.5) is 0 Å².